The second-order valence-corrected chi connectivity index (χ2v) is 5.11. The second kappa shape index (κ2) is 6.58. The topological polar surface area (TPSA) is 21.3 Å². The molecule has 0 saturated heterocycles. The third kappa shape index (κ3) is 3.20. The predicted molar refractivity (Wildman–Crippen MR) is 84.4 cm³/mol. The molecule has 1 N–H and O–H groups in total. The predicted octanol–water partition coefficient (Wildman–Crippen LogP) is 4.01. The van der Waals surface area contributed by atoms with Crippen LogP contribution in [0.3, 0.4) is 0 Å². The quantitative estimate of drug-likeness (QED) is 0.885. The number of hydrogen-bond donors (Lipinski definition) is 1. The molecule has 0 aliphatic carbocycles. The molecule has 0 amide bonds. The highest BCUT2D eigenvalue weighted by atomic mass is 16.5. The molecule has 2 nitrogen and oxygen atoms in total. The van der Waals surface area contributed by atoms with Gasteiger partial charge in [0.05, 0.1) is 12.6 Å². The Balaban J connectivity index is 2.48. The fourth-order valence-electron chi connectivity index (χ4n) is 2.53. The molecule has 0 aliphatic heterocycles. The first-order valence-corrected chi connectivity index (χ1v) is 7.13. The SMILES string of the molecule is CCOc1ccc(C)cc1C(NC)c1cccc(C)c1. The van der Waals surface area contributed by atoms with Gasteiger partial charge in [-0.3, -0.25) is 0 Å². The Morgan fingerprint density at radius 2 is 1.80 bits per heavy atom. The van der Waals surface area contributed by atoms with Gasteiger partial charge in [-0.2, -0.15) is 0 Å². The molecule has 2 rings (SSSR count). The maximum absolute atomic E-state index is 5.79. The minimum Gasteiger partial charge on any atom is -0.494 e. The zero-order chi connectivity index (χ0) is 14.5. The van der Waals surface area contributed by atoms with Crippen LogP contribution in [0.5, 0.6) is 5.75 Å². The Kier molecular flexibility index (Phi) is 4.80. The molecule has 0 heterocycles. The summed E-state index contributed by atoms with van der Waals surface area (Å²) < 4.78 is 5.79. The summed E-state index contributed by atoms with van der Waals surface area (Å²) in [4.78, 5) is 0. The van der Waals surface area contributed by atoms with E-state index in [1.165, 1.54) is 22.3 Å². The molecule has 0 bridgehead atoms. The lowest BCUT2D eigenvalue weighted by molar-refractivity contribution is 0.334. The summed E-state index contributed by atoms with van der Waals surface area (Å²) in [6.07, 6.45) is 0. The van der Waals surface area contributed by atoms with Gasteiger partial charge in [-0.05, 0) is 39.4 Å². The zero-order valence-corrected chi connectivity index (χ0v) is 12.7. The van der Waals surface area contributed by atoms with Crippen LogP contribution in [0.4, 0.5) is 0 Å². The van der Waals surface area contributed by atoms with Crippen LogP contribution >= 0.6 is 0 Å². The van der Waals surface area contributed by atoms with Crippen LogP contribution in [0.2, 0.25) is 0 Å². The normalized spacial score (nSPS) is 12.2. The summed E-state index contributed by atoms with van der Waals surface area (Å²) in [7, 11) is 1.99. The van der Waals surface area contributed by atoms with Crippen molar-refractivity contribution in [2.45, 2.75) is 26.8 Å². The van der Waals surface area contributed by atoms with Crippen molar-refractivity contribution in [3.63, 3.8) is 0 Å². The average molecular weight is 269 g/mol. The highest BCUT2D eigenvalue weighted by Gasteiger charge is 2.17. The lowest BCUT2D eigenvalue weighted by Gasteiger charge is -2.21. The maximum Gasteiger partial charge on any atom is 0.124 e. The molecule has 0 radical (unpaired) electrons. The molecule has 0 fully saturated rings. The first-order chi connectivity index (χ1) is 9.65. The molecular weight excluding hydrogens is 246 g/mol. The molecule has 1 unspecified atom stereocenters. The number of aryl methyl sites for hydroxylation is 2. The van der Waals surface area contributed by atoms with Gasteiger partial charge in [0.1, 0.15) is 5.75 Å². The summed E-state index contributed by atoms with van der Waals surface area (Å²) in [6, 6.07) is 15.1. The molecule has 1 atom stereocenters. The van der Waals surface area contributed by atoms with Gasteiger partial charge in [0, 0.05) is 5.56 Å². The van der Waals surface area contributed by atoms with Crippen LogP contribution in [-0.2, 0) is 0 Å². The molecule has 106 valence electrons. The largest absolute Gasteiger partial charge is 0.494 e. The number of benzene rings is 2. The number of hydrogen-bond acceptors (Lipinski definition) is 2. The Morgan fingerprint density at radius 1 is 1.05 bits per heavy atom. The smallest absolute Gasteiger partial charge is 0.124 e. The third-order valence-corrected chi connectivity index (χ3v) is 3.44. The highest BCUT2D eigenvalue weighted by Crippen LogP contribution is 2.31. The Labute approximate surface area is 121 Å². The minimum atomic E-state index is 0.149. The Morgan fingerprint density at radius 3 is 2.45 bits per heavy atom. The van der Waals surface area contributed by atoms with Crippen LogP contribution in [0.25, 0.3) is 0 Å². The van der Waals surface area contributed by atoms with E-state index in [0.29, 0.717) is 6.61 Å². The van der Waals surface area contributed by atoms with Gasteiger partial charge in [-0.1, -0.05) is 47.5 Å². The minimum absolute atomic E-state index is 0.149. The van der Waals surface area contributed by atoms with Crippen molar-refractivity contribution < 1.29 is 4.74 Å². The first kappa shape index (κ1) is 14.6. The molecular formula is C18H23NO. The summed E-state index contributed by atoms with van der Waals surface area (Å²) in [6.45, 7) is 6.93. The van der Waals surface area contributed by atoms with Crippen LogP contribution in [0, 0.1) is 13.8 Å². The van der Waals surface area contributed by atoms with Crippen molar-refractivity contribution in [3.05, 3.63) is 64.7 Å². The van der Waals surface area contributed by atoms with Crippen LogP contribution in [0.15, 0.2) is 42.5 Å². The van der Waals surface area contributed by atoms with Gasteiger partial charge in [0.2, 0.25) is 0 Å². The molecule has 0 saturated carbocycles. The van der Waals surface area contributed by atoms with E-state index >= 15 is 0 Å². The van der Waals surface area contributed by atoms with Gasteiger partial charge in [-0.15, -0.1) is 0 Å². The monoisotopic (exact) mass is 269 g/mol. The van der Waals surface area contributed by atoms with Crippen molar-refractivity contribution in [2.75, 3.05) is 13.7 Å². The fraction of sp³-hybridized carbons (Fsp3) is 0.333. The van der Waals surface area contributed by atoms with Gasteiger partial charge >= 0.3 is 0 Å². The molecule has 0 spiro atoms. The third-order valence-electron chi connectivity index (χ3n) is 3.44. The van der Waals surface area contributed by atoms with Crippen molar-refractivity contribution >= 4 is 0 Å². The molecule has 2 aromatic carbocycles. The molecule has 2 heteroatoms. The van der Waals surface area contributed by atoms with Crippen LogP contribution < -0.4 is 10.1 Å². The van der Waals surface area contributed by atoms with Crippen LogP contribution in [0.1, 0.15) is 35.2 Å². The highest BCUT2D eigenvalue weighted by molar-refractivity contribution is 5.44. The van der Waals surface area contributed by atoms with E-state index in [4.69, 9.17) is 4.74 Å². The lowest BCUT2D eigenvalue weighted by atomic mass is 9.95. The van der Waals surface area contributed by atoms with Crippen molar-refractivity contribution in [1.82, 2.24) is 5.32 Å². The summed E-state index contributed by atoms with van der Waals surface area (Å²) in [5, 5.41) is 3.41. The van der Waals surface area contributed by atoms with Gasteiger partial charge < -0.3 is 10.1 Å². The van der Waals surface area contributed by atoms with Crippen molar-refractivity contribution in [3.8, 4) is 5.75 Å². The average Bonchev–Trinajstić information content (AvgIpc) is 2.43. The van der Waals surface area contributed by atoms with Crippen LogP contribution in [-0.4, -0.2) is 13.7 Å². The van der Waals surface area contributed by atoms with Crippen molar-refractivity contribution in [2.24, 2.45) is 0 Å². The van der Waals surface area contributed by atoms with E-state index in [1.54, 1.807) is 0 Å². The van der Waals surface area contributed by atoms with E-state index < -0.39 is 0 Å². The maximum atomic E-state index is 5.79. The zero-order valence-electron chi connectivity index (χ0n) is 12.7. The lowest BCUT2D eigenvalue weighted by Crippen LogP contribution is -2.19. The van der Waals surface area contributed by atoms with E-state index in [0.717, 1.165) is 5.75 Å². The fourth-order valence-corrected chi connectivity index (χ4v) is 2.53. The van der Waals surface area contributed by atoms with E-state index in [-0.39, 0.29) is 6.04 Å². The molecule has 20 heavy (non-hydrogen) atoms. The summed E-state index contributed by atoms with van der Waals surface area (Å²) in [5.41, 5.74) is 4.98. The Hall–Kier alpha value is -1.80. The molecule has 0 aliphatic rings. The standard InChI is InChI=1S/C18H23NO/c1-5-20-17-10-9-14(3)12-16(17)18(19-4)15-8-6-7-13(2)11-15/h6-12,18-19H,5H2,1-4H3. The van der Waals surface area contributed by atoms with Crippen molar-refractivity contribution in [1.29, 1.82) is 0 Å². The van der Waals surface area contributed by atoms with E-state index in [2.05, 4.69) is 61.6 Å². The summed E-state index contributed by atoms with van der Waals surface area (Å²) >= 11 is 0. The first-order valence-electron chi connectivity index (χ1n) is 7.13. The number of nitrogens with one attached hydrogen (secondary N) is 1. The van der Waals surface area contributed by atoms with Gasteiger partial charge in [0.15, 0.2) is 0 Å². The second-order valence-electron chi connectivity index (χ2n) is 5.11. The number of ether oxygens (including phenoxy) is 1. The summed E-state index contributed by atoms with van der Waals surface area (Å²) in [5.74, 6) is 0.957. The molecule has 0 aromatic heterocycles. The molecule has 2 aromatic rings. The van der Waals surface area contributed by atoms with Gasteiger partial charge in [0.25, 0.3) is 0 Å². The van der Waals surface area contributed by atoms with Gasteiger partial charge in [-0.25, -0.2) is 0 Å². The van der Waals surface area contributed by atoms with E-state index in [1.807, 2.05) is 14.0 Å². The van der Waals surface area contributed by atoms with E-state index in [9.17, 15) is 0 Å². The Bertz CT molecular complexity index is 577. The number of rotatable bonds is 5.